The van der Waals surface area contributed by atoms with Crippen molar-refractivity contribution in [1.29, 1.82) is 0 Å². The molecule has 0 bridgehead atoms. The van der Waals surface area contributed by atoms with Crippen molar-refractivity contribution in [3.63, 3.8) is 0 Å². The van der Waals surface area contributed by atoms with Crippen LogP contribution in [0.1, 0.15) is 35.7 Å². The highest BCUT2D eigenvalue weighted by atomic mass is 16.5. The van der Waals surface area contributed by atoms with Gasteiger partial charge < -0.3 is 19.5 Å². The molecule has 1 heterocycles. The van der Waals surface area contributed by atoms with Crippen LogP contribution < -0.4 is 0 Å². The molecule has 0 aliphatic carbocycles. The van der Waals surface area contributed by atoms with E-state index in [0.29, 0.717) is 13.2 Å². The predicted octanol–water partition coefficient (Wildman–Crippen LogP) is 1.93. The Bertz CT molecular complexity index is 536. The molecule has 6 nitrogen and oxygen atoms in total. The molecule has 0 radical (unpaired) electrons. The summed E-state index contributed by atoms with van der Waals surface area (Å²) in [7, 11) is 1.71. The minimum atomic E-state index is -0.961. The Morgan fingerprint density at radius 3 is 2.65 bits per heavy atom. The van der Waals surface area contributed by atoms with Crippen LogP contribution in [0.2, 0.25) is 0 Å². The van der Waals surface area contributed by atoms with Crippen LogP contribution in [-0.2, 0) is 20.8 Å². The van der Waals surface area contributed by atoms with Crippen molar-refractivity contribution in [1.82, 2.24) is 4.90 Å². The summed E-state index contributed by atoms with van der Waals surface area (Å²) in [6.45, 7) is 3.35. The van der Waals surface area contributed by atoms with Gasteiger partial charge in [-0.2, -0.15) is 0 Å². The molecule has 6 heteroatoms. The third kappa shape index (κ3) is 5.04. The number of hydrogen-bond donors (Lipinski definition) is 1. The zero-order valence-electron chi connectivity index (χ0n) is 13.5. The van der Waals surface area contributed by atoms with E-state index in [9.17, 15) is 9.59 Å². The van der Waals surface area contributed by atoms with Gasteiger partial charge in [0.25, 0.3) is 5.91 Å². The highest BCUT2D eigenvalue weighted by Crippen LogP contribution is 2.14. The van der Waals surface area contributed by atoms with Gasteiger partial charge in [0.2, 0.25) is 0 Å². The topological polar surface area (TPSA) is 76.1 Å². The van der Waals surface area contributed by atoms with Crippen LogP contribution in [0.15, 0.2) is 24.3 Å². The highest BCUT2D eigenvalue weighted by molar-refractivity contribution is 5.87. The summed E-state index contributed by atoms with van der Waals surface area (Å²) in [6, 6.07) is 6.50. The fourth-order valence-corrected chi connectivity index (χ4v) is 2.51. The number of rotatable bonds is 7. The minimum Gasteiger partial charge on any atom is -0.478 e. The molecule has 1 aromatic carbocycles. The number of hydrogen-bond acceptors (Lipinski definition) is 4. The first-order valence-corrected chi connectivity index (χ1v) is 7.78. The van der Waals surface area contributed by atoms with Crippen molar-refractivity contribution in [2.75, 3.05) is 20.3 Å². The van der Waals surface area contributed by atoms with E-state index >= 15 is 0 Å². The number of benzene rings is 1. The molecule has 2 unspecified atom stereocenters. The van der Waals surface area contributed by atoms with E-state index in [0.717, 1.165) is 25.0 Å². The molecule has 0 saturated carbocycles. The fraction of sp³-hybridized carbons (Fsp3) is 0.529. The van der Waals surface area contributed by atoms with Crippen LogP contribution >= 0.6 is 0 Å². The predicted molar refractivity (Wildman–Crippen MR) is 84.3 cm³/mol. The van der Waals surface area contributed by atoms with E-state index in [1.165, 1.54) is 12.1 Å². The number of carboxylic acids is 1. The first kappa shape index (κ1) is 17.4. The summed E-state index contributed by atoms with van der Waals surface area (Å²) in [5.41, 5.74) is 1.10. The lowest BCUT2D eigenvalue weighted by Gasteiger charge is -2.22. The van der Waals surface area contributed by atoms with Crippen molar-refractivity contribution < 1.29 is 24.2 Å². The Morgan fingerprint density at radius 2 is 2.09 bits per heavy atom. The lowest BCUT2D eigenvalue weighted by Crippen LogP contribution is -2.37. The molecule has 1 amide bonds. The second kappa shape index (κ2) is 8.08. The summed E-state index contributed by atoms with van der Waals surface area (Å²) < 4.78 is 11.1. The molecule has 0 aromatic heterocycles. The summed E-state index contributed by atoms with van der Waals surface area (Å²) >= 11 is 0. The number of carbonyl (C=O) groups excluding carboxylic acids is 1. The number of ether oxygens (including phenoxy) is 2. The van der Waals surface area contributed by atoms with Crippen molar-refractivity contribution >= 4 is 11.9 Å². The van der Waals surface area contributed by atoms with Gasteiger partial charge in [-0.15, -0.1) is 0 Å². The van der Waals surface area contributed by atoms with Gasteiger partial charge in [0, 0.05) is 20.2 Å². The van der Waals surface area contributed by atoms with Crippen molar-refractivity contribution in [2.24, 2.45) is 0 Å². The van der Waals surface area contributed by atoms with Crippen LogP contribution in [0.25, 0.3) is 0 Å². The normalized spacial score (nSPS) is 18.6. The summed E-state index contributed by atoms with van der Waals surface area (Å²) in [4.78, 5) is 24.7. The molecule has 23 heavy (non-hydrogen) atoms. The van der Waals surface area contributed by atoms with Crippen LogP contribution in [0.3, 0.4) is 0 Å². The minimum absolute atomic E-state index is 0.0964. The number of carbonyl (C=O) groups is 2. The Balaban J connectivity index is 1.82. The molecule has 1 fully saturated rings. The molecular weight excluding hydrogens is 298 g/mol. The molecule has 1 aliphatic heterocycles. The van der Waals surface area contributed by atoms with Crippen LogP contribution in [0.4, 0.5) is 0 Å². The number of amides is 1. The van der Waals surface area contributed by atoms with Crippen molar-refractivity contribution in [3.05, 3.63) is 35.4 Å². The molecule has 0 spiro atoms. The van der Waals surface area contributed by atoms with Crippen molar-refractivity contribution in [2.45, 2.75) is 38.5 Å². The van der Waals surface area contributed by atoms with Crippen LogP contribution in [0.5, 0.6) is 0 Å². The summed E-state index contributed by atoms with van der Waals surface area (Å²) in [5.74, 6) is -1.07. The average Bonchev–Trinajstić information content (AvgIpc) is 3.05. The molecule has 1 aromatic rings. The molecule has 1 N–H and O–H groups in total. The van der Waals surface area contributed by atoms with E-state index in [-0.39, 0.29) is 17.6 Å². The van der Waals surface area contributed by atoms with E-state index in [4.69, 9.17) is 14.6 Å². The highest BCUT2D eigenvalue weighted by Gasteiger charge is 2.22. The van der Waals surface area contributed by atoms with Gasteiger partial charge in [-0.1, -0.05) is 12.1 Å². The number of aromatic carboxylic acids is 1. The third-order valence-corrected chi connectivity index (χ3v) is 3.90. The third-order valence-electron chi connectivity index (χ3n) is 3.90. The molecule has 2 atom stereocenters. The lowest BCUT2D eigenvalue weighted by atomic mass is 10.1. The smallest absolute Gasteiger partial charge is 0.335 e. The molecule has 126 valence electrons. The second-order valence-corrected chi connectivity index (χ2v) is 5.81. The Morgan fingerprint density at radius 1 is 1.39 bits per heavy atom. The fourth-order valence-electron chi connectivity index (χ4n) is 2.51. The quantitative estimate of drug-likeness (QED) is 0.830. The van der Waals surface area contributed by atoms with Crippen LogP contribution in [-0.4, -0.2) is 54.4 Å². The Kier molecular flexibility index (Phi) is 6.12. The van der Waals surface area contributed by atoms with Gasteiger partial charge in [0.15, 0.2) is 0 Å². The van der Waals surface area contributed by atoms with Gasteiger partial charge in [0.1, 0.15) is 6.10 Å². The van der Waals surface area contributed by atoms with Gasteiger partial charge in [-0.25, -0.2) is 4.79 Å². The first-order valence-electron chi connectivity index (χ1n) is 7.78. The standard InChI is InChI=1S/C17H23NO5/c1-12(23-11-15-4-3-9-22-15)16(19)18(2)10-13-5-7-14(8-6-13)17(20)21/h5-8,12,15H,3-4,9-11H2,1-2H3,(H,20,21). The van der Waals surface area contributed by atoms with E-state index in [1.807, 2.05) is 0 Å². The zero-order valence-corrected chi connectivity index (χ0v) is 13.5. The van der Waals surface area contributed by atoms with E-state index in [2.05, 4.69) is 0 Å². The van der Waals surface area contributed by atoms with Gasteiger partial charge in [-0.05, 0) is 37.5 Å². The summed E-state index contributed by atoms with van der Waals surface area (Å²) in [5, 5.41) is 8.88. The maximum atomic E-state index is 12.3. The van der Waals surface area contributed by atoms with Gasteiger partial charge in [0.05, 0.1) is 18.3 Å². The monoisotopic (exact) mass is 321 g/mol. The van der Waals surface area contributed by atoms with Gasteiger partial charge >= 0.3 is 5.97 Å². The molecular formula is C17H23NO5. The van der Waals surface area contributed by atoms with Gasteiger partial charge in [-0.3, -0.25) is 4.79 Å². The molecule has 1 aliphatic rings. The maximum Gasteiger partial charge on any atom is 0.335 e. The van der Waals surface area contributed by atoms with Crippen LogP contribution in [0, 0.1) is 0 Å². The van der Waals surface area contributed by atoms with E-state index in [1.54, 1.807) is 31.0 Å². The molecule has 1 saturated heterocycles. The van der Waals surface area contributed by atoms with E-state index < -0.39 is 12.1 Å². The zero-order chi connectivity index (χ0) is 16.8. The summed E-state index contributed by atoms with van der Waals surface area (Å²) in [6.07, 6.45) is 1.59. The Labute approximate surface area is 136 Å². The maximum absolute atomic E-state index is 12.3. The first-order chi connectivity index (χ1) is 11.0. The molecule has 2 rings (SSSR count). The van der Waals surface area contributed by atoms with Crippen molar-refractivity contribution in [3.8, 4) is 0 Å². The number of nitrogens with zero attached hydrogens (tertiary/aromatic N) is 1. The SMILES string of the molecule is CC(OCC1CCCO1)C(=O)N(C)Cc1ccc(C(=O)O)cc1. The Hall–Kier alpha value is -1.92. The number of carboxylic acid groups (broad SMARTS) is 1. The lowest BCUT2D eigenvalue weighted by molar-refractivity contribution is -0.143. The number of likely N-dealkylation sites (N-methyl/N-ethyl adjacent to an activating group) is 1. The largest absolute Gasteiger partial charge is 0.478 e. The second-order valence-electron chi connectivity index (χ2n) is 5.81. The average molecular weight is 321 g/mol.